The van der Waals surface area contributed by atoms with Crippen LogP contribution in [0, 0.1) is 0 Å². The minimum absolute atomic E-state index is 0.201. The normalized spacial score (nSPS) is 29.1. The summed E-state index contributed by atoms with van der Waals surface area (Å²) in [5, 5.41) is 4.42. The Balaban J connectivity index is 1.75. The third kappa shape index (κ3) is 2.35. The molecule has 4 heteroatoms. The van der Waals surface area contributed by atoms with Crippen LogP contribution in [0.3, 0.4) is 0 Å². The Labute approximate surface area is 114 Å². The molecule has 1 aromatic rings. The van der Waals surface area contributed by atoms with Gasteiger partial charge in [-0.2, -0.15) is 11.3 Å². The fourth-order valence-electron chi connectivity index (χ4n) is 3.56. The molecule has 1 aromatic heterocycles. The Bertz CT molecular complexity index is 376. The Morgan fingerprint density at radius 3 is 3.00 bits per heavy atom. The summed E-state index contributed by atoms with van der Waals surface area (Å²) in [6, 6.07) is 3.62. The highest BCUT2D eigenvalue weighted by atomic mass is 32.1. The lowest BCUT2D eigenvalue weighted by Crippen LogP contribution is -2.53. The highest BCUT2D eigenvalue weighted by Gasteiger charge is 2.35. The number of nitrogens with zero attached hydrogens (tertiary/aromatic N) is 2. The SMILES string of the molecule is CC(N)C(c1ccsc1)N1CCN2CCCC2C1. The first kappa shape index (κ1) is 12.6. The molecule has 0 amide bonds. The lowest BCUT2D eigenvalue weighted by atomic mass is 10.00. The first-order valence-corrected chi connectivity index (χ1v) is 7.96. The van der Waals surface area contributed by atoms with Gasteiger partial charge in [-0.25, -0.2) is 0 Å². The molecule has 3 unspecified atom stereocenters. The number of hydrogen-bond donors (Lipinski definition) is 1. The van der Waals surface area contributed by atoms with Gasteiger partial charge in [0, 0.05) is 31.7 Å². The van der Waals surface area contributed by atoms with Gasteiger partial charge in [-0.1, -0.05) is 0 Å². The van der Waals surface area contributed by atoms with E-state index in [-0.39, 0.29) is 6.04 Å². The van der Waals surface area contributed by atoms with Gasteiger partial charge in [0.15, 0.2) is 0 Å². The molecule has 0 radical (unpaired) electrons. The van der Waals surface area contributed by atoms with E-state index in [9.17, 15) is 0 Å². The van der Waals surface area contributed by atoms with Gasteiger partial charge in [-0.15, -0.1) is 0 Å². The van der Waals surface area contributed by atoms with Crippen LogP contribution in [0.5, 0.6) is 0 Å². The van der Waals surface area contributed by atoms with Crippen molar-refractivity contribution in [1.82, 2.24) is 9.80 Å². The van der Waals surface area contributed by atoms with Crippen molar-refractivity contribution in [3.8, 4) is 0 Å². The van der Waals surface area contributed by atoms with Crippen molar-refractivity contribution in [3.05, 3.63) is 22.4 Å². The largest absolute Gasteiger partial charge is 0.326 e. The van der Waals surface area contributed by atoms with E-state index >= 15 is 0 Å². The molecule has 0 aliphatic carbocycles. The van der Waals surface area contributed by atoms with Crippen LogP contribution in [0.2, 0.25) is 0 Å². The molecule has 2 N–H and O–H groups in total. The molecule has 2 aliphatic heterocycles. The molecule has 100 valence electrons. The molecule has 0 saturated carbocycles. The van der Waals surface area contributed by atoms with Crippen molar-refractivity contribution in [2.75, 3.05) is 26.2 Å². The lowest BCUT2D eigenvalue weighted by Gasteiger charge is -2.42. The number of rotatable bonds is 3. The number of hydrogen-bond acceptors (Lipinski definition) is 4. The molecule has 3 atom stereocenters. The van der Waals surface area contributed by atoms with Gasteiger partial charge >= 0.3 is 0 Å². The van der Waals surface area contributed by atoms with Gasteiger partial charge in [0.25, 0.3) is 0 Å². The van der Waals surface area contributed by atoms with Crippen LogP contribution in [0.15, 0.2) is 16.8 Å². The zero-order chi connectivity index (χ0) is 12.5. The van der Waals surface area contributed by atoms with Crippen molar-refractivity contribution in [2.24, 2.45) is 5.73 Å². The zero-order valence-electron chi connectivity index (χ0n) is 11.1. The van der Waals surface area contributed by atoms with Crippen LogP contribution in [-0.2, 0) is 0 Å². The predicted molar refractivity (Wildman–Crippen MR) is 76.9 cm³/mol. The lowest BCUT2D eigenvalue weighted by molar-refractivity contribution is 0.0637. The fourth-order valence-corrected chi connectivity index (χ4v) is 4.25. The third-order valence-corrected chi connectivity index (χ3v) is 5.10. The van der Waals surface area contributed by atoms with E-state index in [1.54, 1.807) is 11.3 Å². The van der Waals surface area contributed by atoms with Crippen LogP contribution in [-0.4, -0.2) is 48.1 Å². The second-order valence-electron chi connectivity index (χ2n) is 5.69. The maximum atomic E-state index is 6.25. The Morgan fingerprint density at radius 1 is 1.39 bits per heavy atom. The maximum Gasteiger partial charge on any atom is 0.0505 e. The Hall–Kier alpha value is -0.420. The molecule has 3 rings (SSSR count). The van der Waals surface area contributed by atoms with Gasteiger partial charge in [0.1, 0.15) is 0 Å². The minimum Gasteiger partial charge on any atom is -0.326 e. The first-order chi connectivity index (χ1) is 8.75. The monoisotopic (exact) mass is 265 g/mol. The Kier molecular flexibility index (Phi) is 3.71. The minimum atomic E-state index is 0.201. The summed E-state index contributed by atoms with van der Waals surface area (Å²) in [5.41, 5.74) is 7.65. The summed E-state index contributed by atoms with van der Waals surface area (Å²) in [6.07, 6.45) is 2.74. The van der Waals surface area contributed by atoms with Crippen LogP contribution < -0.4 is 5.73 Å². The fraction of sp³-hybridized carbons (Fsp3) is 0.714. The van der Waals surface area contributed by atoms with E-state index in [0.717, 1.165) is 6.04 Å². The van der Waals surface area contributed by atoms with E-state index in [0.29, 0.717) is 6.04 Å². The Morgan fingerprint density at radius 2 is 2.28 bits per heavy atom. The summed E-state index contributed by atoms with van der Waals surface area (Å²) in [6.45, 7) is 7.03. The highest BCUT2D eigenvalue weighted by molar-refractivity contribution is 7.07. The van der Waals surface area contributed by atoms with E-state index < -0.39 is 0 Å². The number of nitrogens with two attached hydrogens (primary N) is 1. The molecule has 2 fully saturated rings. The summed E-state index contributed by atoms with van der Waals surface area (Å²) in [7, 11) is 0. The van der Waals surface area contributed by atoms with Crippen LogP contribution in [0.4, 0.5) is 0 Å². The summed E-state index contributed by atoms with van der Waals surface area (Å²) in [5.74, 6) is 0. The standard InChI is InChI=1S/C14H23N3S/c1-11(15)14(12-4-8-18-10-12)17-7-6-16-5-2-3-13(16)9-17/h4,8,10-11,13-14H,2-3,5-7,9,15H2,1H3. The number of piperazine rings is 1. The highest BCUT2D eigenvalue weighted by Crippen LogP contribution is 2.30. The van der Waals surface area contributed by atoms with Gasteiger partial charge in [0.2, 0.25) is 0 Å². The molecular formula is C14H23N3S. The molecule has 0 spiro atoms. The van der Waals surface area contributed by atoms with Crippen LogP contribution >= 0.6 is 11.3 Å². The molecule has 0 bridgehead atoms. The predicted octanol–water partition coefficient (Wildman–Crippen LogP) is 1.92. The maximum absolute atomic E-state index is 6.25. The molecular weight excluding hydrogens is 242 g/mol. The smallest absolute Gasteiger partial charge is 0.0505 e. The van der Waals surface area contributed by atoms with Gasteiger partial charge in [-0.05, 0) is 48.7 Å². The van der Waals surface area contributed by atoms with Crippen molar-refractivity contribution in [1.29, 1.82) is 0 Å². The molecule has 2 aliphatic rings. The van der Waals surface area contributed by atoms with Crippen LogP contribution in [0.1, 0.15) is 31.4 Å². The summed E-state index contributed by atoms with van der Waals surface area (Å²) < 4.78 is 0. The molecule has 18 heavy (non-hydrogen) atoms. The summed E-state index contributed by atoms with van der Waals surface area (Å²) >= 11 is 1.78. The average Bonchev–Trinajstić information content (AvgIpc) is 2.98. The van der Waals surface area contributed by atoms with E-state index in [2.05, 4.69) is 33.6 Å². The number of thiophene rings is 1. The van der Waals surface area contributed by atoms with Crippen molar-refractivity contribution in [3.63, 3.8) is 0 Å². The summed E-state index contributed by atoms with van der Waals surface area (Å²) in [4.78, 5) is 5.27. The van der Waals surface area contributed by atoms with E-state index in [4.69, 9.17) is 5.73 Å². The van der Waals surface area contributed by atoms with E-state index in [1.165, 1.54) is 44.6 Å². The quantitative estimate of drug-likeness (QED) is 0.906. The average molecular weight is 265 g/mol. The second-order valence-corrected chi connectivity index (χ2v) is 6.47. The van der Waals surface area contributed by atoms with Crippen molar-refractivity contribution in [2.45, 2.75) is 37.9 Å². The first-order valence-electron chi connectivity index (χ1n) is 7.01. The van der Waals surface area contributed by atoms with Crippen molar-refractivity contribution < 1.29 is 0 Å². The molecule has 3 nitrogen and oxygen atoms in total. The second kappa shape index (κ2) is 5.29. The number of fused-ring (bicyclic) bond motifs is 1. The zero-order valence-corrected chi connectivity index (χ0v) is 11.9. The molecule has 3 heterocycles. The van der Waals surface area contributed by atoms with E-state index in [1.807, 2.05) is 0 Å². The van der Waals surface area contributed by atoms with Crippen LogP contribution in [0.25, 0.3) is 0 Å². The molecule has 0 aromatic carbocycles. The topological polar surface area (TPSA) is 32.5 Å². The van der Waals surface area contributed by atoms with Gasteiger partial charge in [0.05, 0.1) is 6.04 Å². The molecule has 2 saturated heterocycles. The third-order valence-electron chi connectivity index (χ3n) is 4.39. The van der Waals surface area contributed by atoms with Gasteiger partial charge in [-0.3, -0.25) is 9.80 Å². The van der Waals surface area contributed by atoms with Gasteiger partial charge < -0.3 is 5.73 Å². The van der Waals surface area contributed by atoms with Crippen molar-refractivity contribution >= 4 is 11.3 Å².